The fourth-order valence-corrected chi connectivity index (χ4v) is 3.56. The van der Waals surface area contributed by atoms with Crippen molar-refractivity contribution in [2.24, 2.45) is 5.92 Å². The number of carbonyl (C=O) groups is 1. The SMILES string of the molecule is COCCN1C[C@@H](NC(=O)c2cscn2)[C@H]2COC[C@H]21. The minimum atomic E-state index is -0.0875. The van der Waals surface area contributed by atoms with Crippen molar-refractivity contribution in [2.45, 2.75) is 12.1 Å². The van der Waals surface area contributed by atoms with Crippen LogP contribution in [-0.4, -0.2) is 67.9 Å². The first-order chi connectivity index (χ1) is 9.79. The fraction of sp³-hybridized carbons (Fsp3) is 0.692. The molecule has 1 aromatic heterocycles. The first-order valence-electron chi connectivity index (χ1n) is 6.79. The monoisotopic (exact) mass is 297 g/mol. The van der Waals surface area contributed by atoms with Gasteiger partial charge in [0.05, 0.1) is 25.3 Å². The molecule has 1 amide bonds. The second-order valence-electron chi connectivity index (χ2n) is 5.21. The van der Waals surface area contributed by atoms with Crippen molar-refractivity contribution in [3.63, 3.8) is 0 Å². The Balaban J connectivity index is 1.63. The molecule has 3 rings (SSSR count). The standard InChI is InChI=1S/C13H19N3O3S/c1-18-3-2-16-4-10(9-5-19-6-12(9)16)15-13(17)11-7-20-8-14-11/h7-10,12H,2-6H2,1H3,(H,15,17)/t9-,10-,12-/m1/s1. The smallest absolute Gasteiger partial charge is 0.271 e. The summed E-state index contributed by atoms with van der Waals surface area (Å²) in [5.74, 6) is 0.282. The Morgan fingerprint density at radius 3 is 3.30 bits per heavy atom. The van der Waals surface area contributed by atoms with Crippen LogP contribution in [0.2, 0.25) is 0 Å². The topological polar surface area (TPSA) is 63.7 Å². The molecule has 2 aliphatic rings. The third-order valence-corrected chi connectivity index (χ3v) is 4.66. The normalized spacial score (nSPS) is 29.6. The van der Waals surface area contributed by atoms with Crippen LogP contribution in [0.3, 0.4) is 0 Å². The summed E-state index contributed by atoms with van der Waals surface area (Å²) < 4.78 is 10.7. The zero-order valence-corrected chi connectivity index (χ0v) is 12.3. The highest BCUT2D eigenvalue weighted by Crippen LogP contribution is 2.30. The number of rotatable bonds is 5. The second kappa shape index (κ2) is 6.17. The lowest BCUT2D eigenvalue weighted by atomic mass is 10.00. The molecule has 110 valence electrons. The lowest BCUT2D eigenvalue weighted by Crippen LogP contribution is -2.41. The Hall–Kier alpha value is -1.02. The molecule has 0 bridgehead atoms. The predicted molar refractivity (Wildman–Crippen MR) is 74.9 cm³/mol. The van der Waals surface area contributed by atoms with Crippen molar-refractivity contribution >= 4 is 17.2 Å². The molecule has 20 heavy (non-hydrogen) atoms. The molecule has 0 radical (unpaired) electrons. The van der Waals surface area contributed by atoms with E-state index in [0.717, 1.165) is 26.3 Å². The van der Waals surface area contributed by atoms with Crippen molar-refractivity contribution in [1.29, 1.82) is 0 Å². The van der Waals surface area contributed by atoms with Crippen LogP contribution in [0.4, 0.5) is 0 Å². The molecule has 3 heterocycles. The molecule has 0 spiro atoms. The van der Waals surface area contributed by atoms with E-state index in [4.69, 9.17) is 9.47 Å². The summed E-state index contributed by atoms with van der Waals surface area (Å²) in [4.78, 5) is 18.5. The molecular weight excluding hydrogens is 278 g/mol. The fourth-order valence-electron chi connectivity index (χ4n) is 3.03. The lowest BCUT2D eigenvalue weighted by Gasteiger charge is -2.21. The number of nitrogens with zero attached hydrogens (tertiary/aromatic N) is 2. The average Bonchev–Trinajstić information content (AvgIpc) is 3.16. The van der Waals surface area contributed by atoms with Crippen molar-refractivity contribution < 1.29 is 14.3 Å². The minimum Gasteiger partial charge on any atom is -0.383 e. The number of methoxy groups -OCH3 is 1. The van der Waals surface area contributed by atoms with Gasteiger partial charge in [-0.15, -0.1) is 11.3 Å². The zero-order valence-electron chi connectivity index (χ0n) is 11.4. The first kappa shape index (κ1) is 13.9. The van der Waals surface area contributed by atoms with Gasteiger partial charge in [-0.3, -0.25) is 9.69 Å². The molecule has 2 aliphatic heterocycles. The number of fused-ring (bicyclic) bond motifs is 1. The number of hydrogen-bond donors (Lipinski definition) is 1. The maximum absolute atomic E-state index is 12.1. The van der Waals surface area contributed by atoms with Gasteiger partial charge in [-0.25, -0.2) is 4.98 Å². The molecular formula is C13H19N3O3S. The maximum Gasteiger partial charge on any atom is 0.271 e. The van der Waals surface area contributed by atoms with E-state index in [-0.39, 0.29) is 11.9 Å². The van der Waals surface area contributed by atoms with Gasteiger partial charge in [0.25, 0.3) is 5.91 Å². The molecule has 3 atom stereocenters. The summed E-state index contributed by atoms with van der Waals surface area (Å²) in [5, 5.41) is 4.88. The van der Waals surface area contributed by atoms with Gasteiger partial charge in [-0.1, -0.05) is 0 Å². The molecule has 0 saturated carbocycles. The highest BCUT2D eigenvalue weighted by atomic mass is 32.1. The largest absolute Gasteiger partial charge is 0.383 e. The highest BCUT2D eigenvalue weighted by molar-refractivity contribution is 7.07. The Kier molecular flexibility index (Phi) is 4.30. The van der Waals surface area contributed by atoms with Gasteiger partial charge in [0.1, 0.15) is 5.69 Å². The molecule has 6 nitrogen and oxygen atoms in total. The van der Waals surface area contributed by atoms with Crippen LogP contribution in [0.5, 0.6) is 0 Å². The van der Waals surface area contributed by atoms with Crippen molar-refractivity contribution in [2.75, 3.05) is 40.0 Å². The number of amides is 1. The van der Waals surface area contributed by atoms with Crippen LogP contribution in [0.1, 0.15) is 10.5 Å². The van der Waals surface area contributed by atoms with Crippen molar-refractivity contribution in [3.05, 3.63) is 16.6 Å². The molecule has 1 N–H and O–H groups in total. The Bertz CT molecular complexity index is 454. The number of aromatic nitrogens is 1. The third kappa shape index (κ3) is 2.71. The zero-order chi connectivity index (χ0) is 13.9. The van der Waals surface area contributed by atoms with Crippen LogP contribution >= 0.6 is 11.3 Å². The van der Waals surface area contributed by atoms with E-state index in [0.29, 0.717) is 24.3 Å². The Labute approximate surface area is 122 Å². The summed E-state index contributed by atoms with van der Waals surface area (Å²) in [6, 6.07) is 0.527. The number of ether oxygens (including phenoxy) is 2. The highest BCUT2D eigenvalue weighted by Gasteiger charge is 2.45. The van der Waals surface area contributed by atoms with E-state index in [1.807, 2.05) is 0 Å². The summed E-state index contributed by atoms with van der Waals surface area (Å²) in [6.07, 6.45) is 0. The van der Waals surface area contributed by atoms with E-state index >= 15 is 0 Å². The second-order valence-corrected chi connectivity index (χ2v) is 5.93. The van der Waals surface area contributed by atoms with E-state index in [1.165, 1.54) is 11.3 Å². The van der Waals surface area contributed by atoms with Crippen LogP contribution in [0, 0.1) is 5.92 Å². The quantitative estimate of drug-likeness (QED) is 0.842. The Morgan fingerprint density at radius 1 is 1.65 bits per heavy atom. The van der Waals surface area contributed by atoms with Crippen LogP contribution < -0.4 is 5.32 Å². The molecule has 2 saturated heterocycles. The first-order valence-corrected chi connectivity index (χ1v) is 7.73. The van der Waals surface area contributed by atoms with Gasteiger partial charge >= 0.3 is 0 Å². The summed E-state index contributed by atoms with van der Waals surface area (Å²) in [5.41, 5.74) is 2.18. The van der Waals surface area contributed by atoms with Crippen LogP contribution in [-0.2, 0) is 9.47 Å². The van der Waals surface area contributed by atoms with E-state index < -0.39 is 0 Å². The van der Waals surface area contributed by atoms with E-state index in [9.17, 15) is 4.79 Å². The number of likely N-dealkylation sites (tertiary alicyclic amines) is 1. The van der Waals surface area contributed by atoms with Crippen LogP contribution in [0.15, 0.2) is 10.9 Å². The number of hydrogen-bond acceptors (Lipinski definition) is 6. The van der Waals surface area contributed by atoms with Gasteiger partial charge in [0.2, 0.25) is 0 Å². The average molecular weight is 297 g/mol. The molecule has 0 aromatic carbocycles. The van der Waals surface area contributed by atoms with Gasteiger partial charge < -0.3 is 14.8 Å². The minimum absolute atomic E-state index is 0.0875. The third-order valence-electron chi connectivity index (χ3n) is 4.07. The summed E-state index contributed by atoms with van der Waals surface area (Å²) in [7, 11) is 1.71. The molecule has 1 aromatic rings. The van der Waals surface area contributed by atoms with Crippen molar-refractivity contribution in [3.8, 4) is 0 Å². The van der Waals surface area contributed by atoms with Gasteiger partial charge in [0.15, 0.2) is 0 Å². The van der Waals surface area contributed by atoms with Crippen LogP contribution in [0.25, 0.3) is 0 Å². The number of nitrogens with one attached hydrogen (secondary N) is 1. The maximum atomic E-state index is 12.1. The van der Waals surface area contributed by atoms with E-state index in [1.54, 1.807) is 18.0 Å². The molecule has 0 unspecified atom stereocenters. The predicted octanol–water partition coefficient (Wildman–Crippen LogP) is 0.219. The summed E-state index contributed by atoms with van der Waals surface area (Å²) >= 11 is 1.43. The number of carbonyl (C=O) groups excluding carboxylic acids is 1. The van der Waals surface area contributed by atoms with Gasteiger partial charge in [0, 0.05) is 43.6 Å². The van der Waals surface area contributed by atoms with Crippen molar-refractivity contribution in [1.82, 2.24) is 15.2 Å². The van der Waals surface area contributed by atoms with E-state index in [2.05, 4.69) is 15.2 Å². The van der Waals surface area contributed by atoms with Gasteiger partial charge in [-0.2, -0.15) is 0 Å². The summed E-state index contributed by atoms with van der Waals surface area (Å²) in [6.45, 7) is 3.91. The molecule has 0 aliphatic carbocycles. The number of thiazole rings is 1. The lowest BCUT2D eigenvalue weighted by molar-refractivity contribution is 0.0903. The van der Waals surface area contributed by atoms with Gasteiger partial charge in [-0.05, 0) is 0 Å². The molecule has 7 heteroatoms. The Morgan fingerprint density at radius 2 is 2.55 bits per heavy atom. The molecule has 2 fully saturated rings.